The molecular formula is C5H7BrN4. The second-order valence-corrected chi connectivity index (χ2v) is 2.79. The molecule has 0 aromatic carbocycles. The molecule has 10 heavy (non-hydrogen) atoms. The minimum atomic E-state index is 0.614. The third-order valence-electron chi connectivity index (χ3n) is 0.922. The van der Waals surface area contributed by atoms with Gasteiger partial charge in [-0.3, -0.25) is 0 Å². The average Bonchev–Trinajstić information content (AvgIpc) is 1.88. The summed E-state index contributed by atoms with van der Waals surface area (Å²) in [6, 6.07) is 0. The summed E-state index contributed by atoms with van der Waals surface area (Å²) < 4.78 is 0.651. The lowest BCUT2D eigenvalue weighted by atomic mass is 10.8. The number of aromatic nitrogens is 3. The monoisotopic (exact) mass is 202 g/mol. The molecule has 5 heteroatoms. The molecule has 4 nitrogen and oxygen atoms in total. The number of nitrogens with zero attached hydrogens (tertiary/aromatic N) is 4. The van der Waals surface area contributed by atoms with Crippen molar-refractivity contribution in [3.8, 4) is 0 Å². The summed E-state index contributed by atoms with van der Waals surface area (Å²) in [7, 11) is 3.73. The van der Waals surface area contributed by atoms with Gasteiger partial charge in [0.1, 0.15) is 4.60 Å². The lowest BCUT2D eigenvalue weighted by molar-refractivity contribution is 0.892. The number of anilines is 1. The van der Waals surface area contributed by atoms with E-state index in [9.17, 15) is 0 Å². The zero-order valence-corrected chi connectivity index (χ0v) is 7.33. The first-order valence-electron chi connectivity index (χ1n) is 2.72. The number of hydrogen-bond acceptors (Lipinski definition) is 4. The predicted octanol–water partition coefficient (Wildman–Crippen LogP) is 0.700. The van der Waals surface area contributed by atoms with Crippen molar-refractivity contribution in [2.75, 3.05) is 19.0 Å². The van der Waals surface area contributed by atoms with Gasteiger partial charge in [-0.25, -0.2) is 4.98 Å². The summed E-state index contributed by atoms with van der Waals surface area (Å²) in [6.07, 6.45) is 1.61. The minimum Gasteiger partial charge on any atom is -0.346 e. The first kappa shape index (κ1) is 7.40. The van der Waals surface area contributed by atoms with Gasteiger partial charge in [0, 0.05) is 14.1 Å². The Balaban J connectivity index is 2.89. The highest BCUT2D eigenvalue weighted by atomic mass is 79.9. The molecule has 0 aliphatic carbocycles. The first-order chi connectivity index (χ1) is 4.70. The van der Waals surface area contributed by atoms with Crippen molar-refractivity contribution in [2.24, 2.45) is 0 Å². The van der Waals surface area contributed by atoms with E-state index in [2.05, 4.69) is 31.1 Å². The van der Waals surface area contributed by atoms with Gasteiger partial charge in [0.25, 0.3) is 0 Å². The Kier molecular flexibility index (Phi) is 2.16. The van der Waals surface area contributed by atoms with Crippen LogP contribution in [0.4, 0.5) is 5.95 Å². The van der Waals surface area contributed by atoms with Gasteiger partial charge in [0.2, 0.25) is 5.95 Å². The molecule has 0 N–H and O–H groups in total. The second-order valence-electron chi connectivity index (χ2n) is 1.98. The fraction of sp³-hybridized carbons (Fsp3) is 0.400. The predicted molar refractivity (Wildman–Crippen MR) is 41.9 cm³/mol. The van der Waals surface area contributed by atoms with Crippen LogP contribution >= 0.6 is 15.9 Å². The van der Waals surface area contributed by atoms with E-state index in [1.807, 2.05) is 14.1 Å². The molecule has 0 spiro atoms. The molecule has 0 radical (unpaired) electrons. The van der Waals surface area contributed by atoms with Gasteiger partial charge < -0.3 is 4.90 Å². The molecule has 0 fully saturated rings. The Bertz CT molecular complexity index is 207. The number of hydrogen-bond donors (Lipinski definition) is 0. The van der Waals surface area contributed by atoms with E-state index in [4.69, 9.17) is 0 Å². The van der Waals surface area contributed by atoms with Crippen molar-refractivity contribution in [3.05, 3.63) is 10.8 Å². The van der Waals surface area contributed by atoms with Crippen molar-refractivity contribution in [2.45, 2.75) is 0 Å². The van der Waals surface area contributed by atoms with E-state index in [0.717, 1.165) is 0 Å². The Morgan fingerprint density at radius 2 is 2.10 bits per heavy atom. The number of rotatable bonds is 1. The molecule has 0 aliphatic heterocycles. The van der Waals surface area contributed by atoms with Crippen LogP contribution in [0.1, 0.15) is 0 Å². The minimum absolute atomic E-state index is 0.614. The van der Waals surface area contributed by atoms with E-state index in [1.165, 1.54) is 0 Å². The zero-order chi connectivity index (χ0) is 7.56. The standard InChI is InChI=1S/C5H7BrN4/c1-10(2)5-7-3-4(6)8-9-5/h3H,1-2H3. The summed E-state index contributed by atoms with van der Waals surface area (Å²) in [6.45, 7) is 0. The lowest BCUT2D eigenvalue weighted by Gasteiger charge is -2.06. The van der Waals surface area contributed by atoms with Crippen LogP contribution < -0.4 is 4.90 Å². The van der Waals surface area contributed by atoms with Gasteiger partial charge in [0.05, 0.1) is 6.20 Å². The van der Waals surface area contributed by atoms with Crippen molar-refractivity contribution in [1.82, 2.24) is 15.2 Å². The molecule has 1 aromatic rings. The highest BCUT2D eigenvalue weighted by Gasteiger charge is 1.96. The average molecular weight is 203 g/mol. The molecule has 0 bridgehead atoms. The third-order valence-corrected chi connectivity index (χ3v) is 1.28. The molecule has 0 unspecified atom stereocenters. The van der Waals surface area contributed by atoms with Gasteiger partial charge in [-0.1, -0.05) is 0 Å². The summed E-state index contributed by atoms with van der Waals surface area (Å²) in [5, 5.41) is 7.56. The maximum Gasteiger partial charge on any atom is 0.244 e. The topological polar surface area (TPSA) is 41.9 Å². The summed E-state index contributed by atoms with van der Waals surface area (Å²) in [5.41, 5.74) is 0. The fourth-order valence-corrected chi connectivity index (χ4v) is 0.642. The molecule has 1 aromatic heterocycles. The Hall–Kier alpha value is -0.710. The van der Waals surface area contributed by atoms with E-state index < -0.39 is 0 Å². The van der Waals surface area contributed by atoms with Gasteiger partial charge in [-0.15, -0.1) is 10.2 Å². The third kappa shape index (κ3) is 1.63. The van der Waals surface area contributed by atoms with Crippen LogP contribution in [0.5, 0.6) is 0 Å². The molecule has 0 amide bonds. The molecular weight excluding hydrogens is 196 g/mol. The normalized spacial score (nSPS) is 9.50. The first-order valence-corrected chi connectivity index (χ1v) is 3.52. The van der Waals surface area contributed by atoms with Crippen molar-refractivity contribution in [3.63, 3.8) is 0 Å². The van der Waals surface area contributed by atoms with Crippen LogP contribution in [0.15, 0.2) is 10.8 Å². The quantitative estimate of drug-likeness (QED) is 0.673. The van der Waals surface area contributed by atoms with Crippen molar-refractivity contribution >= 4 is 21.9 Å². The van der Waals surface area contributed by atoms with Gasteiger partial charge in [-0.05, 0) is 15.9 Å². The van der Waals surface area contributed by atoms with Crippen molar-refractivity contribution < 1.29 is 0 Å². The van der Waals surface area contributed by atoms with Crippen LogP contribution in [0.25, 0.3) is 0 Å². The molecule has 0 atom stereocenters. The summed E-state index contributed by atoms with van der Waals surface area (Å²) in [4.78, 5) is 5.77. The van der Waals surface area contributed by atoms with Crippen LogP contribution in [0.3, 0.4) is 0 Å². The Morgan fingerprint density at radius 1 is 1.40 bits per heavy atom. The molecule has 1 heterocycles. The smallest absolute Gasteiger partial charge is 0.244 e. The largest absolute Gasteiger partial charge is 0.346 e. The maximum absolute atomic E-state index is 3.98. The number of halogens is 1. The second kappa shape index (κ2) is 2.92. The SMILES string of the molecule is CN(C)c1ncc(Br)nn1. The lowest BCUT2D eigenvalue weighted by Crippen LogP contribution is -2.12. The Labute approximate surface area is 67.4 Å². The van der Waals surface area contributed by atoms with Crippen LogP contribution in [-0.4, -0.2) is 29.3 Å². The maximum atomic E-state index is 3.98. The van der Waals surface area contributed by atoms with Gasteiger partial charge >= 0.3 is 0 Å². The van der Waals surface area contributed by atoms with E-state index in [-0.39, 0.29) is 0 Å². The van der Waals surface area contributed by atoms with Crippen LogP contribution in [0, 0.1) is 0 Å². The van der Waals surface area contributed by atoms with E-state index >= 15 is 0 Å². The molecule has 54 valence electrons. The highest BCUT2D eigenvalue weighted by molar-refractivity contribution is 9.10. The van der Waals surface area contributed by atoms with Gasteiger partial charge in [-0.2, -0.15) is 0 Å². The zero-order valence-electron chi connectivity index (χ0n) is 5.74. The van der Waals surface area contributed by atoms with E-state index in [0.29, 0.717) is 10.6 Å². The van der Waals surface area contributed by atoms with Crippen molar-refractivity contribution in [1.29, 1.82) is 0 Å². The molecule has 0 saturated heterocycles. The summed E-state index contributed by atoms with van der Waals surface area (Å²) in [5.74, 6) is 0.614. The van der Waals surface area contributed by atoms with Crippen LogP contribution in [-0.2, 0) is 0 Å². The fourth-order valence-electron chi connectivity index (χ4n) is 0.460. The highest BCUT2D eigenvalue weighted by Crippen LogP contribution is 2.03. The van der Waals surface area contributed by atoms with E-state index in [1.54, 1.807) is 11.1 Å². The Morgan fingerprint density at radius 3 is 2.50 bits per heavy atom. The molecule has 1 rings (SSSR count). The van der Waals surface area contributed by atoms with Crippen LogP contribution in [0.2, 0.25) is 0 Å². The molecule has 0 saturated carbocycles. The van der Waals surface area contributed by atoms with Gasteiger partial charge in [0.15, 0.2) is 0 Å². The molecule has 0 aliphatic rings. The summed E-state index contributed by atoms with van der Waals surface area (Å²) >= 11 is 3.14.